The number of nitrogens with zero attached hydrogens (tertiary/aromatic N) is 6. The van der Waals surface area contributed by atoms with E-state index in [1.54, 1.807) is 6.92 Å². The number of halogens is 8. The van der Waals surface area contributed by atoms with Crippen molar-refractivity contribution in [3.8, 4) is 28.8 Å². The van der Waals surface area contributed by atoms with Gasteiger partial charge >= 0.3 is 11.8 Å². The van der Waals surface area contributed by atoms with Crippen LogP contribution in [0.5, 0.6) is 5.75 Å². The molecule has 0 radical (unpaired) electrons. The molecule has 1 aliphatic rings. The van der Waals surface area contributed by atoms with Gasteiger partial charge in [-0.15, -0.1) is 0 Å². The first kappa shape index (κ1) is 34.0. The van der Waals surface area contributed by atoms with Gasteiger partial charge in [0.1, 0.15) is 5.54 Å². The summed E-state index contributed by atoms with van der Waals surface area (Å²) in [5, 5.41) is 17.2. The van der Waals surface area contributed by atoms with Gasteiger partial charge in [-0.3, -0.25) is 4.79 Å². The Bertz CT molecular complexity index is 1590. The van der Waals surface area contributed by atoms with Gasteiger partial charge in [0.2, 0.25) is 6.36 Å². The highest BCUT2D eigenvalue weighted by molar-refractivity contribution is 6.34. The average Bonchev–Trinajstić information content (AvgIpc) is 3.47. The molecule has 2 heterocycles. The van der Waals surface area contributed by atoms with E-state index in [9.17, 15) is 36.4 Å². The minimum absolute atomic E-state index is 0.0376. The van der Waals surface area contributed by atoms with Crippen molar-refractivity contribution in [3.63, 3.8) is 0 Å². The molecular weight excluding hydrogens is 637 g/mol. The minimum Gasteiger partial charge on any atom is -0.455 e. The first-order valence-electron chi connectivity index (χ1n) is 13.6. The smallest absolute Gasteiger partial charge is 0.434 e. The summed E-state index contributed by atoms with van der Waals surface area (Å²) in [6.07, 6.45) is -5.17. The second-order valence-corrected chi connectivity index (χ2v) is 10.9. The Labute approximate surface area is 258 Å². The number of hydrogen-bond acceptors (Lipinski definition) is 6. The third kappa shape index (κ3) is 6.19. The van der Waals surface area contributed by atoms with Crippen molar-refractivity contribution in [3.05, 3.63) is 46.9 Å². The van der Waals surface area contributed by atoms with E-state index in [2.05, 4.69) is 16.3 Å². The molecule has 1 aromatic carbocycles. The van der Waals surface area contributed by atoms with E-state index in [1.165, 1.54) is 35.5 Å². The molecule has 0 N–H and O–H groups in total. The molecule has 1 saturated carbocycles. The van der Waals surface area contributed by atoms with Crippen LogP contribution in [0.3, 0.4) is 0 Å². The summed E-state index contributed by atoms with van der Waals surface area (Å²) in [4.78, 5) is 15.0. The van der Waals surface area contributed by atoms with Crippen LogP contribution in [-0.4, -0.2) is 74.1 Å². The third-order valence-electron chi connectivity index (χ3n) is 7.26. The molecule has 4 rings (SSSR count). The maximum atomic E-state index is 15.4. The van der Waals surface area contributed by atoms with Gasteiger partial charge in [0.05, 0.1) is 29.5 Å². The lowest BCUT2D eigenvalue weighted by atomic mass is 9.93. The predicted molar refractivity (Wildman–Crippen MR) is 147 cm³/mol. The molecule has 1 amide bonds. The van der Waals surface area contributed by atoms with Gasteiger partial charge in [0.25, 0.3) is 11.8 Å². The molecule has 0 spiro atoms. The van der Waals surface area contributed by atoms with Crippen molar-refractivity contribution >= 4 is 17.5 Å². The SMILES string of the molecule is CCOCCN(C(=O)c1cc(-c2cnn(-c3c(OC(C)F)c(C(F)(C(C)(F)F)C(F)(F)F)nn3C)c2)ccc1Cl)C1(C#N)CC1. The van der Waals surface area contributed by atoms with Gasteiger partial charge in [-0.05, 0) is 37.5 Å². The molecule has 17 heteroatoms. The normalized spacial score (nSPS) is 16.5. The lowest BCUT2D eigenvalue weighted by Gasteiger charge is -2.31. The zero-order chi connectivity index (χ0) is 33.5. The van der Waals surface area contributed by atoms with Crippen molar-refractivity contribution in [1.29, 1.82) is 5.26 Å². The highest BCUT2D eigenvalue weighted by Gasteiger charge is 2.73. The van der Waals surface area contributed by atoms with E-state index in [0.29, 0.717) is 29.7 Å². The van der Waals surface area contributed by atoms with Crippen LogP contribution in [0.4, 0.5) is 30.7 Å². The number of nitriles is 1. The van der Waals surface area contributed by atoms with Gasteiger partial charge in [-0.25, -0.2) is 26.9 Å². The number of aromatic nitrogens is 4. The molecule has 1 fully saturated rings. The zero-order valence-electron chi connectivity index (χ0n) is 24.4. The Hall–Kier alpha value is -3.84. The summed E-state index contributed by atoms with van der Waals surface area (Å²) in [7, 11) is 1.01. The highest BCUT2D eigenvalue weighted by Crippen LogP contribution is 2.55. The number of ether oxygens (including phenoxy) is 2. The summed E-state index contributed by atoms with van der Waals surface area (Å²) in [5.41, 5.74) is -7.63. The Morgan fingerprint density at radius 2 is 1.89 bits per heavy atom. The molecule has 0 aliphatic heterocycles. The Morgan fingerprint density at radius 1 is 1.22 bits per heavy atom. The van der Waals surface area contributed by atoms with Crippen molar-refractivity contribution in [2.75, 3.05) is 19.8 Å². The first-order chi connectivity index (χ1) is 20.9. The molecule has 0 saturated heterocycles. The Kier molecular flexibility index (Phi) is 9.20. The molecular formula is C28H28ClF7N6O3. The summed E-state index contributed by atoms with van der Waals surface area (Å²) in [6, 6.07) is 6.51. The van der Waals surface area contributed by atoms with Crippen LogP contribution in [0.25, 0.3) is 16.9 Å². The van der Waals surface area contributed by atoms with Crippen LogP contribution < -0.4 is 4.74 Å². The van der Waals surface area contributed by atoms with E-state index in [-0.39, 0.29) is 36.2 Å². The van der Waals surface area contributed by atoms with Gasteiger partial charge in [-0.2, -0.15) is 28.6 Å². The summed E-state index contributed by atoms with van der Waals surface area (Å²) in [5.74, 6) is -7.42. The molecule has 2 atom stereocenters. The number of alkyl halides is 7. The average molecular weight is 665 g/mol. The molecule has 2 aromatic heterocycles. The minimum atomic E-state index is -6.17. The van der Waals surface area contributed by atoms with Gasteiger partial charge < -0.3 is 14.4 Å². The van der Waals surface area contributed by atoms with Gasteiger partial charge in [0, 0.05) is 45.8 Å². The molecule has 1 aliphatic carbocycles. The van der Waals surface area contributed by atoms with E-state index >= 15 is 4.39 Å². The van der Waals surface area contributed by atoms with E-state index in [4.69, 9.17) is 21.1 Å². The second kappa shape index (κ2) is 12.2. The zero-order valence-corrected chi connectivity index (χ0v) is 25.2. The second-order valence-electron chi connectivity index (χ2n) is 10.5. The van der Waals surface area contributed by atoms with Crippen molar-refractivity contribution in [2.45, 2.75) is 63.3 Å². The Balaban J connectivity index is 1.78. The van der Waals surface area contributed by atoms with Crippen LogP contribution in [0, 0.1) is 11.3 Å². The van der Waals surface area contributed by atoms with Gasteiger partial charge in [0.15, 0.2) is 17.3 Å². The van der Waals surface area contributed by atoms with E-state index in [0.717, 1.165) is 18.7 Å². The number of hydrogen-bond donors (Lipinski definition) is 0. The third-order valence-corrected chi connectivity index (χ3v) is 7.59. The quantitative estimate of drug-likeness (QED) is 0.161. The standard InChI is InChI=1S/C28H28ClF7N6O3/c1-5-44-11-10-41(26(15-37)8-9-26)24(43)19-12-17(6-7-20(19)29)18-13-38-42(14-18)23-21(45-16(2)30)22(39-40(23)4)27(33,25(3,31)32)28(34,35)36/h6-7,12-14,16H,5,8-11H2,1-4H3. The van der Waals surface area contributed by atoms with Crippen LogP contribution in [-0.2, 0) is 17.5 Å². The molecule has 9 nitrogen and oxygen atoms in total. The fourth-order valence-corrected chi connectivity index (χ4v) is 5.01. The maximum absolute atomic E-state index is 15.4. The first-order valence-corrected chi connectivity index (χ1v) is 14.0. The fourth-order valence-electron chi connectivity index (χ4n) is 4.81. The molecule has 2 unspecified atom stereocenters. The molecule has 0 bridgehead atoms. The van der Waals surface area contributed by atoms with Crippen LogP contribution in [0.2, 0.25) is 5.02 Å². The number of benzene rings is 1. The van der Waals surface area contributed by atoms with Gasteiger partial charge in [-0.1, -0.05) is 17.7 Å². The predicted octanol–water partition coefficient (Wildman–Crippen LogP) is 6.54. The summed E-state index contributed by atoms with van der Waals surface area (Å²) < 4.78 is 111. The largest absolute Gasteiger partial charge is 0.455 e. The number of aryl methyl sites for hydroxylation is 1. The summed E-state index contributed by atoms with van der Waals surface area (Å²) >= 11 is 6.37. The van der Waals surface area contributed by atoms with E-state index in [1.807, 2.05) is 0 Å². The number of carbonyl (C=O) groups is 1. The number of rotatable bonds is 12. The lowest BCUT2D eigenvalue weighted by molar-refractivity contribution is -0.306. The molecule has 45 heavy (non-hydrogen) atoms. The molecule has 3 aromatic rings. The topological polar surface area (TPSA) is 98.2 Å². The summed E-state index contributed by atoms with van der Waals surface area (Å²) in [6.45, 7) is 2.98. The van der Waals surface area contributed by atoms with Crippen molar-refractivity contribution in [2.24, 2.45) is 7.05 Å². The maximum Gasteiger partial charge on any atom is 0.434 e. The monoisotopic (exact) mass is 664 g/mol. The van der Waals surface area contributed by atoms with Crippen LogP contribution in [0.15, 0.2) is 30.6 Å². The number of carbonyl (C=O) groups excluding carboxylic acids is 1. The van der Waals surface area contributed by atoms with E-state index < -0.39 is 52.8 Å². The highest BCUT2D eigenvalue weighted by atomic mass is 35.5. The van der Waals surface area contributed by atoms with Crippen LogP contribution in [0.1, 0.15) is 49.7 Å². The van der Waals surface area contributed by atoms with Crippen LogP contribution >= 0.6 is 11.6 Å². The molecule has 244 valence electrons. The lowest BCUT2D eigenvalue weighted by Crippen LogP contribution is -2.51. The van der Waals surface area contributed by atoms with Crippen molar-refractivity contribution in [1.82, 2.24) is 24.5 Å². The van der Waals surface area contributed by atoms with Crippen molar-refractivity contribution < 1.29 is 45.0 Å². The Morgan fingerprint density at radius 3 is 2.42 bits per heavy atom. The number of amides is 1. The fraction of sp³-hybridized carbons (Fsp3) is 0.500.